The van der Waals surface area contributed by atoms with E-state index in [1.54, 1.807) is 18.3 Å². The third-order valence-corrected chi connectivity index (χ3v) is 3.47. The Morgan fingerprint density at radius 2 is 2.11 bits per heavy atom. The van der Waals surface area contributed by atoms with Crippen LogP contribution in [-0.4, -0.2) is 23.1 Å². The molecule has 1 saturated heterocycles. The molecule has 2 N–H and O–H groups in total. The number of imide groups is 1. The maximum atomic E-state index is 11.9. The molecule has 2 heterocycles. The summed E-state index contributed by atoms with van der Waals surface area (Å²) in [5.41, 5.74) is 2.14. The van der Waals surface area contributed by atoms with E-state index in [0.29, 0.717) is 18.4 Å². The summed E-state index contributed by atoms with van der Waals surface area (Å²) in [6.45, 7) is 0. The number of aromatic nitrogens is 1. The van der Waals surface area contributed by atoms with Crippen molar-refractivity contribution in [2.24, 2.45) is 0 Å². The minimum absolute atomic E-state index is 0.238. The second-order valence-electron chi connectivity index (χ2n) is 4.67. The second-order valence-corrected chi connectivity index (χ2v) is 4.67. The van der Waals surface area contributed by atoms with Crippen LogP contribution in [0.25, 0.3) is 10.9 Å². The van der Waals surface area contributed by atoms with Crippen molar-refractivity contribution < 1.29 is 14.4 Å². The molecular weight excluding hydrogens is 244 g/mol. The maximum Gasteiger partial charge on any atom is 0.234 e. The Kier molecular flexibility index (Phi) is 2.67. The van der Waals surface area contributed by atoms with E-state index in [2.05, 4.69) is 10.3 Å². The third-order valence-electron chi connectivity index (χ3n) is 3.47. The first-order valence-corrected chi connectivity index (χ1v) is 6.09. The van der Waals surface area contributed by atoms with Crippen molar-refractivity contribution in [2.45, 2.75) is 18.8 Å². The summed E-state index contributed by atoms with van der Waals surface area (Å²) in [4.78, 5) is 37.1. The van der Waals surface area contributed by atoms with Gasteiger partial charge in [0, 0.05) is 29.1 Å². The smallest absolute Gasteiger partial charge is 0.234 e. The topological polar surface area (TPSA) is 79.0 Å². The highest BCUT2D eigenvalue weighted by atomic mass is 16.2. The number of amides is 2. The summed E-state index contributed by atoms with van der Waals surface area (Å²) < 4.78 is 0. The van der Waals surface area contributed by atoms with Crippen LogP contribution in [0.1, 0.15) is 34.7 Å². The molecule has 2 aromatic rings. The van der Waals surface area contributed by atoms with Crippen LogP contribution >= 0.6 is 0 Å². The predicted molar refractivity (Wildman–Crippen MR) is 68.8 cm³/mol. The van der Waals surface area contributed by atoms with E-state index in [1.807, 2.05) is 6.07 Å². The lowest BCUT2D eigenvalue weighted by atomic mass is 9.87. The van der Waals surface area contributed by atoms with Crippen LogP contribution in [0.4, 0.5) is 0 Å². The zero-order valence-corrected chi connectivity index (χ0v) is 10.1. The Hall–Kier alpha value is -2.43. The highest BCUT2D eigenvalue weighted by Crippen LogP contribution is 2.31. The zero-order valence-electron chi connectivity index (χ0n) is 10.1. The summed E-state index contributed by atoms with van der Waals surface area (Å²) in [5.74, 6) is -0.907. The summed E-state index contributed by atoms with van der Waals surface area (Å²) in [5, 5.41) is 3.26. The highest BCUT2D eigenvalue weighted by molar-refractivity contribution is 6.03. The third kappa shape index (κ3) is 1.93. The molecule has 2 amide bonds. The molecule has 1 aromatic carbocycles. The van der Waals surface area contributed by atoms with Gasteiger partial charge >= 0.3 is 0 Å². The van der Waals surface area contributed by atoms with Gasteiger partial charge in [0.15, 0.2) is 0 Å². The van der Waals surface area contributed by atoms with E-state index in [0.717, 1.165) is 22.8 Å². The van der Waals surface area contributed by atoms with Gasteiger partial charge in [-0.3, -0.25) is 19.7 Å². The Bertz CT molecular complexity index is 687. The molecule has 1 aliphatic heterocycles. The first-order chi connectivity index (χ1) is 9.19. The fourth-order valence-electron chi connectivity index (χ4n) is 2.57. The quantitative estimate of drug-likeness (QED) is 0.631. The number of aldehydes is 1. The van der Waals surface area contributed by atoms with Gasteiger partial charge in [-0.1, -0.05) is 0 Å². The normalized spacial score (nSPS) is 19.5. The molecule has 1 aromatic heterocycles. The summed E-state index contributed by atoms with van der Waals surface area (Å²) in [6, 6.07) is 5.35. The molecule has 0 aliphatic carbocycles. The minimum Gasteiger partial charge on any atom is -0.361 e. The first-order valence-electron chi connectivity index (χ1n) is 6.09. The number of hydrogen-bond acceptors (Lipinski definition) is 3. The summed E-state index contributed by atoms with van der Waals surface area (Å²) in [7, 11) is 0. The summed E-state index contributed by atoms with van der Waals surface area (Å²) in [6.07, 6.45) is 3.34. The molecule has 0 spiro atoms. The number of benzene rings is 1. The van der Waals surface area contributed by atoms with Crippen LogP contribution in [0.15, 0.2) is 24.4 Å². The van der Waals surface area contributed by atoms with Crippen molar-refractivity contribution in [3.05, 3.63) is 35.5 Å². The standard InChI is InChI=1S/C14H12N2O3/c17-7-8-5-11(9-3-4-15-12(9)6-8)10-1-2-13(18)16-14(10)19/h3-7,10,15H,1-2H2,(H,16,18,19). The van der Waals surface area contributed by atoms with Gasteiger partial charge in [0.05, 0.1) is 5.92 Å². The average molecular weight is 256 g/mol. The van der Waals surface area contributed by atoms with Crippen molar-refractivity contribution in [2.75, 3.05) is 0 Å². The lowest BCUT2D eigenvalue weighted by molar-refractivity contribution is -0.134. The van der Waals surface area contributed by atoms with Gasteiger partial charge in [-0.05, 0) is 30.2 Å². The van der Waals surface area contributed by atoms with Crippen molar-refractivity contribution in [3.8, 4) is 0 Å². The van der Waals surface area contributed by atoms with Gasteiger partial charge < -0.3 is 4.98 Å². The maximum absolute atomic E-state index is 11.9. The summed E-state index contributed by atoms with van der Waals surface area (Å²) >= 11 is 0. The number of H-pyrrole nitrogens is 1. The van der Waals surface area contributed by atoms with Crippen LogP contribution in [0.5, 0.6) is 0 Å². The lowest BCUT2D eigenvalue weighted by Crippen LogP contribution is -2.39. The van der Waals surface area contributed by atoms with Gasteiger partial charge in [0.25, 0.3) is 0 Å². The monoisotopic (exact) mass is 256 g/mol. The van der Waals surface area contributed by atoms with Gasteiger partial charge in [0.2, 0.25) is 11.8 Å². The number of rotatable bonds is 2. The van der Waals surface area contributed by atoms with Crippen molar-refractivity contribution in [1.82, 2.24) is 10.3 Å². The Morgan fingerprint density at radius 3 is 2.84 bits per heavy atom. The van der Waals surface area contributed by atoms with Crippen LogP contribution in [0, 0.1) is 0 Å². The molecule has 0 radical (unpaired) electrons. The second kappa shape index (κ2) is 4.35. The molecule has 1 atom stereocenters. The predicted octanol–water partition coefficient (Wildman–Crippen LogP) is 1.50. The van der Waals surface area contributed by atoms with Gasteiger partial charge in [-0.2, -0.15) is 0 Å². The van der Waals surface area contributed by atoms with Gasteiger partial charge in [-0.15, -0.1) is 0 Å². The largest absolute Gasteiger partial charge is 0.361 e. The van der Waals surface area contributed by atoms with Crippen LogP contribution < -0.4 is 5.32 Å². The fourth-order valence-corrected chi connectivity index (χ4v) is 2.57. The van der Waals surface area contributed by atoms with E-state index < -0.39 is 0 Å². The van der Waals surface area contributed by atoms with E-state index in [-0.39, 0.29) is 17.7 Å². The van der Waals surface area contributed by atoms with Crippen LogP contribution in [0.3, 0.4) is 0 Å². The fraction of sp³-hybridized carbons (Fsp3) is 0.214. The highest BCUT2D eigenvalue weighted by Gasteiger charge is 2.29. The van der Waals surface area contributed by atoms with Crippen LogP contribution in [0.2, 0.25) is 0 Å². The molecule has 0 saturated carbocycles. The van der Waals surface area contributed by atoms with Crippen molar-refractivity contribution >= 4 is 29.0 Å². The zero-order chi connectivity index (χ0) is 13.4. The average Bonchev–Trinajstić information content (AvgIpc) is 2.86. The molecule has 19 heavy (non-hydrogen) atoms. The number of fused-ring (bicyclic) bond motifs is 1. The number of aromatic amines is 1. The van der Waals surface area contributed by atoms with E-state index in [4.69, 9.17) is 0 Å². The minimum atomic E-state index is -0.379. The molecule has 3 rings (SSSR count). The number of nitrogens with one attached hydrogen (secondary N) is 2. The van der Waals surface area contributed by atoms with E-state index in [1.165, 1.54) is 0 Å². The first kappa shape index (κ1) is 11.6. The Labute approximate surface area is 109 Å². The molecule has 1 unspecified atom stereocenters. The van der Waals surface area contributed by atoms with Gasteiger partial charge in [-0.25, -0.2) is 0 Å². The van der Waals surface area contributed by atoms with Gasteiger partial charge in [0.1, 0.15) is 6.29 Å². The number of hydrogen-bond donors (Lipinski definition) is 2. The molecule has 5 heteroatoms. The SMILES string of the molecule is O=Cc1cc(C2CCC(=O)NC2=O)c2cc[nH]c2c1. The number of piperidine rings is 1. The van der Waals surface area contributed by atoms with E-state index in [9.17, 15) is 14.4 Å². The Balaban J connectivity index is 2.13. The molecule has 1 aliphatic rings. The van der Waals surface area contributed by atoms with E-state index >= 15 is 0 Å². The molecule has 1 fully saturated rings. The molecule has 0 bridgehead atoms. The molecule has 5 nitrogen and oxygen atoms in total. The molecule has 96 valence electrons. The van der Waals surface area contributed by atoms with Crippen LogP contribution in [-0.2, 0) is 9.59 Å². The van der Waals surface area contributed by atoms with Crippen molar-refractivity contribution in [1.29, 1.82) is 0 Å². The number of carbonyl (C=O) groups is 3. The number of carbonyl (C=O) groups excluding carboxylic acids is 3. The molecular formula is C14H12N2O3. The van der Waals surface area contributed by atoms with Crippen molar-refractivity contribution in [3.63, 3.8) is 0 Å². The lowest BCUT2D eigenvalue weighted by Gasteiger charge is -2.22. The Morgan fingerprint density at radius 1 is 1.26 bits per heavy atom.